The Hall–Kier alpha value is -3.34. The van der Waals surface area contributed by atoms with Crippen molar-refractivity contribution in [2.24, 2.45) is 5.73 Å². The number of hydrogen-bond acceptors (Lipinski definition) is 3. The molecule has 0 spiro atoms. The lowest BCUT2D eigenvalue weighted by atomic mass is 9.78. The van der Waals surface area contributed by atoms with Gasteiger partial charge in [0.05, 0.1) is 0 Å². The van der Waals surface area contributed by atoms with Gasteiger partial charge in [0.25, 0.3) is 0 Å². The zero-order valence-electron chi connectivity index (χ0n) is 17.5. The first-order chi connectivity index (χ1) is 15.0. The predicted octanol–water partition coefficient (Wildman–Crippen LogP) is 5.99. The lowest BCUT2D eigenvalue weighted by Crippen LogP contribution is -2.52. The summed E-state index contributed by atoms with van der Waals surface area (Å²) in [5.74, 6) is 0.485. The van der Waals surface area contributed by atoms with E-state index in [4.69, 9.17) is 10.5 Å². The minimum absolute atomic E-state index is 0. The molecule has 4 aromatic rings. The van der Waals surface area contributed by atoms with Crippen molar-refractivity contribution >= 4 is 29.1 Å². The maximum atomic E-state index is 11.6. The fourth-order valence-electron chi connectivity index (χ4n) is 4.41. The topological polar surface area (TPSA) is 72.6 Å². The Morgan fingerprint density at radius 2 is 1.59 bits per heavy atom. The predicted molar refractivity (Wildman–Crippen MR) is 130 cm³/mol. The fraction of sp³-hybridized carbons (Fsp3) is 0.148. The highest BCUT2D eigenvalue weighted by atomic mass is 35.5. The number of aliphatic carboxylic acids is 1. The number of carbonyl (C=O) groups is 1. The lowest BCUT2D eigenvalue weighted by Gasteiger charge is -2.31. The van der Waals surface area contributed by atoms with E-state index in [9.17, 15) is 9.90 Å². The molecule has 4 aromatic carbocycles. The van der Waals surface area contributed by atoms with Gasteiger partial charge in [0.2, 0.25) is 0 Å². The van der Waals surface area contributed by atoms with Gasteiger partial charge in [-0.3, -0.25) is 4.79 Å². The van der Waals surface area contributed by atoms with Gasteiger partial charge in [-0.25, -0.2) is 0 Å². The Morgan fingerprint density at radius 3 is 2.44 bits per heavy atom. The molecule has 5 heteroatoms. The van der Waals surface area contributed by atoms with Crippen LogP contribution in [0.2, 0.25) is 0 Å². The number of para-hydroxylation sites is 1. The van der Waals surface area contributed by atoms with Gasteiger partial charge in [-0.1, -0.05) is 66.7 Å². The summed E-state index contributed by atoms with van der Waals surface area (Å²) in [5, 5.41) is 11.9. The van der Waals surface area contributed by atoms with Gasteiger partial charge in [0.15, 0.2) is 0 Å². The van der Waals surface area contributed by atoms with Crippen LogP contribution >= 0.6 is 12.4 Å². The molecule has 0 saturated heterocycles. The van der Waals surface area contributed by atoms with E-state index in [0.29, 0.717) is 25.0 Å². The molecule has 0 fully saturated rings. The quantitative estimate of drug-likeness (QED) is 0.404. The van der Waals surface area contributed by atoms with Crippen LogP contribution in [0.4, 0.5) is 0 Å². The fourth-order valence-corrected chi connectivity index (χ4v) is 4.41. The van der Waals surface area contributed by atoms with Gasteiger partial charge in [-0.15, -0.1) is 12.4 Å². The monoisotopic (exact) mass is 445 g/mol. The van der Waals surface area contributed by atoms with Crippen molar-refractivity contribution in [3.05, 3.63) is 96.1 Å². The molecule has 0 aromatic heterocycles. The van der Waals surface area contributed by atoms with Crippen LogP contribution in [0.5, 0.6) is 11.5 Å². The van der Waals surface area contributed by atoms with Crippen molar-refractivity contribution in [1.29, 1.82) is 0 Å². The Kier molecular flexibility index (Phi) is 5.92. The first-order valence-corrected chi connectivity index (χ1v) is 10.4. The highest BCUT2D eigenvalue weighted by Crippen LogP contribution is 2.38. The highest BCUT2D eigenvalue weighted by Gasteiger charge is 2.37. The molecule has 0 aliphatic heterocycles. The van der Waals surface area contributed by atoms with Crippen molar-refractivity contribution in [3.63, 3.8) is 0 Å². The summed E-state index contributed by atoms with van der Waals surface area (Å²) in [6.45, 7) is 0. The van der Waals surface area contributed by atoms with Crippen LogP contribution in [-0.4, -0.2) is 16.6 Å². The van der Waals surface area contributed by atoms with Gasteiger partial charge < -0.3 is 15.6 Å². The Labute approximate surface area is 193 Å². The van der Waals surface area contributed by atoms with Crippen LogP contribution < -0.4 is 10.5 Å². The second kappa shape index (κ2) is 8.65. The number of aryl methyl sites for hydroxylation is 1. The first-order valence-electron chi connectivity index (χ1n) is 10.4. The molecule has 3 N–H and O–H groups in total. The average Bonchev–Trinajstić information content (AvgIpc) is 2.79. The van der Waals surface area contributed by atoms with Gasteiger partial charge in [-0.2, -0.15) is 0 Å². The molecule has 0 radical (unpaired) electrons. The Morgan fingerprint density at radius 1 is 0.875 bits per heavy atom. The van der Waals surface area contributed by atoms with E-state index in [-0.39, 0.29) is 12.4 Å². The van der Waals surface area contributed by atoms with Crippen molar-refractivity contribution < 1.29 is 14.6 Å². The summed E-state index contributed by atoms with van der Waals surface area (Å²) in [6.07, 6.45) is 1.41. The number of hydrogen-bond donors (Lipinski definition) is 2. The number of carboxylic acid groups (broad SMARTS) is 1. The lowest BCUT2D eigenvalue weighted by molar-refractivity contribution is -0.143. The second-order valence-electron chi connectivity index (χ2n) is 8.19. The van der Waals surface area contributed by atoms with Gasteiger partial charge in [-0.05, 0) is 58.5 Å². The number of halogens is 1. The van der Waals surface area contributed by atoms with Crippen LogP contribution in [-0.2, 0) is 17.6 Å². The molecule has 5 rings (SSSR count). The summed E-state index contributed by atoms with van der Waals surface area (Å²) in [4.78, 5) is 11.6. The van der Waals surface area contributed by atoms with Gasteiger partial charge in [0, 0.05) is 12.0 Å². The maximum absolute atomic E-state index is 11.6. The molecular formula is C27H24ClNO3. The number of ether oxygens (including phenoxy) is 1. The largest absolute Gasteiger partial charge is 0.480 e. The number of carboxylic acids is 1. The molecule has 1 unspecified atom stereocenters. The van der Waals surface area contributed by atoms with E-state index in [0.717, 1.165) is 28.0 Å². The molecule has 4 nitrogen and oxygen atoms in total. The van der Waals surface area contributed by atoms with Crippen molar-refractivity contribution in [2.45, 2.75) is 24.8 Å². The summed E-state index contributed by atoms with van der Waals surface area (Å²) < 4.78 is 6.32. The van der Waals surface area contributed by atoms with Crippen LogP contribution in [0.15, 0.2) is 84.9 Å². The minimum Gasteiger partial charge on any atom is -0.480 e. The number of fused-ring (bicyclic) bond motifs is 2. The first kappa shape index (κ1) is 21.9. The third-order valence-electron chi connectivity index (χ3n) is 6.14. The van der Waals surface area contributed by atoms with E-state index >= 15 is 0 Å². The molecular weight excluding hydrogens is 422 g/mol. The smallest absolute Gasteiger partial charge is 0.324 e. The molecule has 0 saturated carbocycles. The normalized spacial score (nSPS) is 17.3. The van der Waals surface area contributed by atoms with E-state index in [1.54, 1.807) is 0 Å². The standard InChI is InChI=1S/C27H23NO3.ClH/c28-27(26(29)30)15-14-18-12-13-21(16-20(18)17-27)31-25-11-4-3-9-24(25)23-10-5-7-19-6-1-2-8-22(19)23;/h1-13,16H,14-15,17,28H2,(H,29,30);1H. The van der Waals surface area contributed by atoms with Crippen molar-refractivity contribution in [3.8, 4) is 22.6 Å². The summed E-state index contributed by atoms with van der Waals surface area (Å²) in [5.41, 5.74) is 9.11. The molecule has 0 heterocycles. The molecule has 1 atom stereocenters. The average molecular weight is 446 g/mol. The minimum atomic E-state index is -1.22. The number of rotatable bonds is 4. The summed E-state index contributed by atoms with van der Waals surface area (Å²) in [6, 6.07) is 28.4. The third kappa shape index (κ3) is 3.95. The molecule has 162 valence electrons. The van der Waals surface area contributed by atoms with Gasteiger partial charge in [0.1, 0.15) is 17.0 Å². The third-order valence-corrected chi connectivity index (χ3v) is 6.14. The van der Waals surface area contributed by atoms with E-state index in [1.165, 1.54) is 10.8 Å². The summed E-state index contributed by atoms with van der Waals surface area (Å²) >= 11 is 0. The molecule has 0 bridgehead atoms. The molecule has 1 aliphatic carbocycles. The molecule has 1 aliphatic rings. The van der Waals surface area contributed by atoms with Crippen LogP contribution in [0.1, 0.15) is 17.5 Å². The molecule has 32 heavy (non-hydrogen) atoms. The highest BCUT2D eigenvalue weighted by molar-refractivity contribution is 5.98. The maximum Gasteiger partial charge on any atom is 0.324 e. The van der Waals surface area contributed by atoms with E-state index in [1.807, 2.05) is 48.5 Å². The number of benzene rings is 4. The van der Waals surface area contributed by atoms with Crippen LogP contribution in [0.25, 0.3) is 21.9 Å². The van der Waals surface area contributed by atoms with Crippen LogP contribution in [0, 0.1) is 0 Å². The molecule has 0 amide bonds. The number of nitrogens with two attached hydrogens (primary N) is 1. The Balaban J connectivity index is 0.00000245. The van der Waals surface area contributed by atoms with Crippen molar-refractivity contribution in [1.82, 2.24) is 0 Å². The van der Waals surface area contributed by atoms with E-state index < -0.39 is 11.5 Å². The van der Waals surface area contributed by atoms with Crippen LogP contribution in [0.3, 0.4) is 0 Å². The SMILES string of the molecule is Cl.NC1(C(=O)O)CCc2ccc(Oc3ccccc3-c3cccc4ccccc34)cc2C1. The van der Waals surface area contributed by atoms with E-state index in [2.05, 4.69) is 36.4 Å². The Bertz CT molecular complexity index is 1300. The zero-order chi connectivity index (χ0) is 21.4. The zero-order valence-corrected chi connectivity index (χ0v) is 18.3. The summed E-state index contributed by atoms with van der Waals surface area (Å²) in [7, 11) is 0. The van der Waals surface area contributed by atoms with Gasteiger partial charge >= 0.3 is 5.97 Å². The van der Waals surface area contributed by atoms with Crippen molar-refractivity contribution in [2.75, 3.05) is 0 Å². The second-order valence-corrected chi connectivity index (χ2v) is 8.19.